The number of rotatable bonds is 5. The van der Waals surface area contributed by atoms with Gasteiger partial charge in [0.15, 0.2) is 0 Å². The standard InChI is InChI=1S/C20H28N2O3/c1-20(19(24)21-16-6-4-3-5-7-16)13-12-18(23)22(20)14-15-8-10-17(25-2)11-9-15/h8-11,16H,3-7,12-14H2,1-2H3,(H,21,24). The second-order valence-corrected chi connectivity index (χ2v) is 7.41. The number of likely N-dealkylation sites (tertiary alicyclic amines) is 1. The van der Waals surface area contributed by atoms with E-state index in [9.17, 15) is 9.59 Å². The summed E-state index contributed by atoms with van der Waals surface area (Å²) in [5.74, 6) is 0.838. The van der Waals surface area contributed by atoms with Crippen LogP contribution in [0.15, 0.2) is 24.3 Å². The van der Waals surface area contributed by atoms with Gasteiger partial charge in [0, 0.05) is 19.0 Å². The Bertz CT molecular complexity index is 622. The highest BCUT2D eigenvalue weighted by Crippen LogP contribution is 2.33. The number of methoxy groups -OCH3 is 1. The van der Waals surface area contributed by atoms with Crippen LogP contribution in [0.4, 0.5) is 0 Å². The Morgan fingerprint density at radius 3 is 2.56 bits per heavy atom. The first kappa shape index (κ1) is 17.8. The van der Waals surface area contributed by atoms with Crippen LogP contribution in [-0.4, -0.2) is 35.4 Å². The van der Waals surface area contributed by atoms with Gasteiger partial charge < -0.3 is 15.0 Å². The average molecular weight is 344 g/mol. The minimum atomic E-state index is -0.755. The smallest absolute Gasteiger partial charge is 0.245 e. The molecule has 0 aromatic heterocycles. The summed E-state index contributed by atoms with van der Waals surface area (Å²) in [7, 11) is 1.63. The largest absolute Gasteiger partial charge is 0.497 e. The van der Waals surface area contributed by atoms with Crippen molar-refractivity contribution in [2.75, 3.05) is 7.11 Å². The lowest BCUT2D eigenvalue weighted by atomic mass is 9.92. The molecule has 5 nitrogen and oxygen atoms in total. The molecular weight excluding hydrogens is 316 g/mol. The maximum Gasteiger partial charge on any atom is 0.245 e. The number of amides is 2. The molecule has 1 N–H and O–H groups in total. The molecule has 2 amide bonds. The van der Waals surface area contributed by atoms with E-state index >= 15 is 0 Å². The summed E-state index contributed by atoms with van der Waals surface area (Å²) in [4.78, 5) is 27.1. The first-order chi connectivity index (χ1) is 12.0. The van der Waals surface area contributed by atoms with E-state index < -0.39 is 5.54 Å². The average Bonchev–Trinajstić information content (AvgIpc) is 2.93. The van der Waals surface area contributed by atoms with Crippen LogP contribution in [-0.2, 0) is 16.1 Å². The zero-order valence-corrected chi connectivity index (χ0v) is 15.2. The summed E-state index contributed by atoms with van der Waals surface area (Å²) in [6, 6.07) is 7.93. The monoisotopic (exact) mass is 344 g/mol. The first-order valence-corrected chi connectivity index (χ1v) is 9.27. The van der Waals surface area contributed by atoms with E-state index in [0.717, 1.165) is 24.2 Å². The van der Waals surface area contributed by atoms with Crippen molar-refractivity contribution in [2.24, 2.45) is 0 Å². The molecule has 1 saturated carbocycles. The van der Waals surface area contributed by atoms with Crippen molar-refractivity contribution < 1.29 is 14.3 Å². The highest BCUT2D eigenvalue weighted by molar-refractivity contribution is 5.94. The molecule has 1 aliphatic heterocycles. The van der Waals surface area contributed by atoms with Crippen LogP contribution in [0.25, 0.3) is 0 Å². The molecule has 1 unspecified atom stereocenters. The number of nitrogens with one attached hydrogen (secondary N) is 1. The Morgan fingerprint density at radius 2 is 1.92 bits per heavy atom. The Morgan fingerprint density at radius 1 is 1.24 bits per heavy atom. The summed E-state index contributed by atoms with van der Waals surface area (Å²) < 4.78 is 5.18. The Hall–Kier alpha value is -2.04. The number of nitrogens with zero attached hydrogens (tertiary/aromatic N) is 1. The summed E-state index contributed by atoms with van der Waals surface area (Å²) >= 11 is 0. The molecule has 1 aromatic rings. The number of benzene rings is 1. The van der Waals surface area contributed by atoms with E-state index in [1.807, 2.05) is 31.2 Å². The van der Waals surface area contributed by atoms with Crippen molar-refractivity contribution in [3.05, 3.63) is 29.8 Å². The molecule has 0 radical (unpaired) electrons. The van der Waals surface area contributed by atoms with Gasteiger partial charge in [-0.25, -0.2) is 0 Å². The number of carbonyl (C=O) groups excluding carboxylic acids is 2. The molecule has 1 saturated heterocycles. The molecular formula is C20H28N2O3. The van der Waals surface area contributed by atoms with Gasteiger partial charge in [-0.1, -0.05) is 31.4 Å². The molecule has 2 fully saturated rings. The quantitative estimate of drug-likeness (QED) is 0.893. The van der Waals surface area contributed by atoms with Crippen LogP contribution in [0.1, 0.15) is 57.4 Å². The molecule has 1 aliphatic carbocycles. The lowest BCUT2D eigenvalue weighted by Gasteiger charge is -2.36. The summed E-state index contributed by atoms with van der Waals surface area (Å²) in [5.41, 5.74) is 0.252. The predicted octanol–water partition coefficient (Wildman–Crippen LogP) is 3.03. The van der Waals surface area contributed by atoms with Gasteiger partial charge in [0.05, 0.1) is 7.11 Å². The third-order valence-corrected chi connectivity index (χ3v) is 5.65. The van der Waals surface area contributed by atoms with Gasteiger partial charge in [0.2, 0.25) is 11.8 Å². The minimum absolute atomic E-state index is 0.00115. The highest BCUT2D eigenvalue weighted by Gasteiger charge is 2.47. The van der Waals surface area contributed by atoms with Gasteiger partial charge >= 0.3 is 0 Å². The van der Waals surface area contributed by atoms with Gasteiger partial charge in [-0.3, -0.25) is 9.59 Å². The molecule has 25 heavy (non-hydrogen) atoms. The van der Waals surface area contributed by atoms with Crippen LogP contribution < -0.4 is 10.1 Å². The fraction of sp³-hybridized carbons (Fsp3) is 0.600. The van der Waals surface area contributed by atoms with Crippen molar-refractivity contribution in [3.63, 3.8) is 0 Å². The molecule has 0 bridgehead atoms. The SMILES string of the molecule is COc1ccc(CN2C(=O)CCC2(C)C(=O)NC2CCCCC2)cc1. The third kappa shape index (κ3) is 3.80. The number of ether oxygens (including phenoxy) is 1. The normalized spacial score (nSPS) is 24.4. The molecule has 2 aliphatic rings. The van der Waals surface area contributed by atoms with Crippen molar-refractivity contribution in [1.29, 1.82) is 0 Å². The number of hydrogen-bond donors (Lipinski definition) is 1. The summed E-state index contributed by atoms with van der Waals surface area (Å²) in [6.07, 6.45) is 6.73. The van der Waals surface area contributed by atoms with Crippen LogP contribution >= 0.6 is 0 Å². The molecule has 136 valence electrons. The lowest BCUT2D eigenvalue weighted by molar-refractivity contribution is -0.141. The van der Waals surface area contributed by atoms with Crippen LogP contribution in [0.2, 0.25) is 0 Å². The van der Waals surface area contributed by atoms with Gasteiger partial charge in [0.25, 0.3) is 0 Å². The summed E-state index contributed by atoms with van der Waals surface area (Å²) in [5, 5.41) is 3.20. The van der Waals surface area contributed by atoms with Crippen molar-refractivity contribution in [3.8, 4) is 5.75 Å². The summed E-state index contributed by atoms with van der Waals surface area (Å²) in [6.45, 7) is 2.36. The van der Waals surface area contributed by atoms with Crippen LogP contribution in [0.3, 0.4) is 0 Å². The maximum atomic E-state index is 13.0. The second kappa shape index (κ2) is 7.46. The molecule has 0 spiro atoms. The third-order valence-electron chi connectivity index (χ3n) is 5.65. The Labute approximate surface area is 149 Å². The molecule has 3 rings (SSSR count). The Balaban J connectivity index is 1.71. The van der Waals surface area contributed by atoms with Gasteiger partial charge in [-0.05, 0) is 43.9 Å². The first-order valence-electron chi connectivity index (χ1n) is 9.27. The molecule has 1 aromatic carbocycles. The fourth-order valence-corrected chi connectivity index (χ4v) is 3.90. The highest BCUT2D eigenvalue weighted by atomic mass is 16.5. The van der Waals surface area contributed by atoms with Crippen LogP contribution in [0.5, 0.6) is 5.75 Å². The number of hydrogen-bond acceptors (Lipinski definition) is 3. The maximum absolute atomic E-state index is 13.0. The van der Waals surface area contributed by atoms with E-state index in [4.69, 9.17) is 4.74 Å². The van der Waals surface area contributed by atoms with E-state index in [0.29, 0.717) is 19.4 Å². The zero-order valence-electron chi connectivity index (χ0n) is 15.2. The molecule has 1 atom stereocenters. The lowest BCUT2D eigenvalue weighted by Crippen LogP contribution is -2.56. The van der Waals surface area contributed by atoms with Crippen LogP contribution in [0, 0.1) is 0 Å². The minimum Gasteiger partial charge on any atom is -0.497 e. The van der Waals surface area contributed by atoms with Gasteiger partial charge in [-0.2, -0.15) is 0 Å². The topological polar surface area (TPSA) is 58.6 Å². The fourth-order valence-electron chi connectivity index (χ4n) is 3.90. The van der Waals surface area contributed by atoms with E-state index in [1.54, 1.807) is 12.0 Å². The van der Waals surface area contributed by atoms with E-state index in [-0.39, 0.29) is 17.9 Å². The van der Waals surface area contributed by atoms with E-state index in [1.165, 1.54) is 19.3 Å². The van der Waals surface area contributed by atoms with Crippen molar-refractivity contribution >= 4 is 11.8 Å². The van der Waals surface area contributed by atoms with Crippen molar-refractivity contribution in [1.82, 2.24) is 10.2 Å². The predicted molar refractivity (Wildman–Crippen MR) is 96.2 cm³/mol. The van der Waals surface area contributed by atoms with E-state index in [2.05, 4.69) is 5.32 Å². The Kier molecular flexibility index (Phi) is 5.30. The number of carbonyl (C=O) groups is 2. The van der Waals surface area contributed by atoms with Gasteiger partial charge in [-0.15, -0.1) is 0 Å². The van der Waals surface area contributed by atoms with Gasteiger partial charge in [0.1, 0.15) is 11.3 Å². The van der Waals surface area contributed by atoms with Crippen molar-refractivity contribution in [2.45, 2.75) is 70.0 Å². The molecule has 1 heterocycles. The molecule has 5 heteroatoms. The zero-order chi connectivity index (χ0) is 17.9. The second-order valence-electron chi connectivity index (χ2n) is 7.41.